The normalized spacial score (nSPS) is 12.4. The van der Waals surface area contributed by atoms with Crippen molar-refractivity contribution in [1.29, 1.82) is 0 Å². The zero-order valence-electron chi connectivity index (χ0n) is 10.2. The van der Waals surface area contributed by atoms with E-state index in [4.69, 9.17) is 52.2 Å². The number of nitrogens with two attached hydrogens (primary N) is 1. The van der Waals surface area contributed by atoms with Gasteiger partial charge in [-0.2, -0.15) is 0 Å². The number of hydrogen-bond donors (Lipinski definition) is 2. The van der Waals surface area contributed by atoms with E-state index in [1.54, 1.807) is 18.2 Å². The second-order valence-corrected chi connectivity index (χ2v) is 5.85. The van der Waals surface area contributed by atoms with Gasteiger partial charge in [0.25, 0.3) is 0 Å². The Labute approximate surface area is 137 Å². The summed E-state index contributed by atoms with van der Waals surface area (Å²) < 4.78 is 0. The van der Waals surface area contributed by atoms with Crippen LogP contribution in [-0.2, 0) is 6.42 Å². The van der Waals surface area contributed by atoms with Gasteiger partial charge in [-0.3, -0.25) is 16.3 Å². The third-order valence-electron chi connectivity index (χ3n) is 2.79. The number of aromatic nitrogens is 1. The number of halogens is 4. The summed E-state index contributed by atoms with van der Waals surface area (Å²) in [5.74, 6) is 5.59. The first kappa shape index (κ1) is 15.8. The van der Waals surface area contributed by atoms with Gasteiger partial charge >= 0.3 is 0 Å². The van der Waals surface area contributed by atoms with Crippen molar-refractivity contribution in [2.45, 2.75) is 12.5 Å². The van der Waals surface area contributed by atoms with E-state index in [1.807, 2.05) is 6.07 Å². The van der Waals surface area contributed by atoms with E-state index in [0.717, 1.165) is 5.56 Å². The quantitative estimate of drug-likeness (QED) is 0.633. The lowest BCUT2D eigenvalue weighted by molar-refractivity contribution is 0.538. The Morgan fingerprint density at radius 2 is 1.80 bits per heavy atom. The molecule has 3 nitrogen and oxygen atoms in total. The highest BCUT2D eigenvalue weighted by atomic mass is 35.5. The molecule has 0 saturated heterocycles. The van der Waals surface area contributed by atoms with Crippen LogP contribution < -0.4 is 11.3 Å². The third kappa shape index (κ3) is 3.76. The number of hydrazine groups is 1. The van der Waals surface area contributed by atoms with E-state index in [2.05, 4.69) is 10.4 Å². The fourth-order valence-corrected chi connectivity index (χ4v) is 2.65. The number of nitrogens with zero attached hydrogens (tertiary/aromatic N) is 1. The predicted molar refractivity (Wildman–Crippen MR) is 84.5 cm³/mol. The molecule has 20 heavy (non-hydrogen) atoms. The van der Waals surface area contributed by atoms with Gasteiger partial charge in [0, 0.05) is 6.20 Å². The average molecular weight is 351 g/mol. The van der Waals surface area contributed by atoms with Gasteiger partial charge in [-0.25, -0.2) is 0 Å². The van der Waals surface area contributed by atoms with Crippen LogP contribution in [0.5, 0.6) is 0 Å². The van der Waals surface area contributed by atoms with Crippen LogP contribution in [0.4, 0.5) is 0 Å². The topological polar surface area (TPSA) is 50.9 Å². The molecule has 1 aromatic carbocycles. The molecule has 1 aromatic heterocycles. The summed E-state index contributed by atoms with van der Waals surface area (Å²) in [6.07, 6.45) is 2.10. The molecule has 0 aliphatic heterocycles. The molecule has 2 aromatic rings. The molecule has 0 spiro atoms. The fourth-order valence-electron chi connectivity index (χ4n) is 1.82. The van der Waals surface area contributed by atoms with E-state index >= 15 is 0 Å². The van der Waals surface area contributed by atoms with Gasteiger partial charge in [-0.15, -0.1) is 0 Å². The first-order valence-corrected chi connectivity index (χ1v) is 7.23. The van der Waals surface area contributed by atoms with E-state index in [9.17, 15) is 0 Å². The van der Waals surface area contributed by atoms with Gasteiger partial charge in [0.15, 0.2) is 0 Å². The van der Waals surface area contributed by atoms with E-state index in [0.29, 0.717) is 32.2 Å². The molecule has 0 bridgehead atoms. The van der Waals surface area contributed by atoms with Crippen LogP contribution in [0.2, 0.25) is 20.1 Å². The Hall–Kier alpha value is -0.550. The molecule has 0 amide bonds. The Kier molecular flexibility index (Phi) is 5.49. The number of pyridine rings is 1. The molecular formula is C13H11Cl4N3. The maximum Gasteiger partial charge on any atom is 0.0777 e. The van der Waals surface area contributed by atoms with Crippen molar-refractivity contribution in [3.63, 3.8) is 0 Å². The lowest BCUT2D eigenvalue weighted by atomic mass is 10.0. The molecule has 0 aliphatic carbocycles. The van der Waals surface area contributed by atoms with Crippen molar-refractivity contribution in [1.82, 2.24) is 10.4 Å². The first-order valence-electron chi connectivity index (χ1n) is 5.72. The van der Waals surface area contributed by atoms with Crippen molar-refractivity contribution in [2.24, 2.45) is 5.84 Å². The lowest BCUT2D eigenvalue weighted by Crippen LogP contribution is -2.30. The van der Waals surface area contributed by atoms with Gasteiger partial charge in [-0.05, 0) is 30.2 Å². The number of rotatable bonds is 4. The Morgan fingerprint density at radius 3 is 2.40 bits per heavy atom. The van der Waals surface area contributed by atoms with Crippen molar-refractivity contribution < 1.29 is 0 Å². The molecule has 1 atom stereocenters. The maximum atomic E-state index is 6.14. The first-order chi connectivity index (χ1) is 9.51. The molecule has 106 valence electrons. The van der Waals surface area contributed by atoms with Crippen LogP contribution in [0.1, 0.15) is 17.3 Å². The molecule has 2 rings (SSSR count). The Bertz CT molecular complexity index is 619. The summed E-state index contributed by atoms with van der Waals surface area (Å²) in [4.78, 5) is 4.22. The van der Waals surface area contributed by atoms with E-state index in [-0.39, 0.29) is 6.04 Å². The number of hydrogen-bond acceptors (Lipinski definition) is 3. The average Bonchev–Trinajstić information content (AvgIpc) is 2.41. The van der Waals surface area contributed by atoms with Gasteiger partial charge in [-0.1, -0.05) is 52.5 Å². The van der Waals surface area contributed by atoms with E-state index < -0.39 is 0 Å². The van der Waals surface area contributed by atoms with Crippen LogP contribution in [0, 0.1) is 0 Å². The minimum absolute atomic E-state index is 0.253. The minimum atomic E-state index is -0.253. The Balaban J connectivity index is 2.26. The molecule has 1 unspecified atom stereocenters. The lowest BCUT2D eigenvalue weighted by Gasteiger charge is -2.17. The summed E-state index contributed by atoms with van der Waals surface area (Å²) >= 11 is 23.9. The van der Waals surface area contributed by atoms with Crippen molar-refractivity contribution in [3.05, 3.63) is 61.8 Å². The van der Waals surface area contributed by atoms with E-state index in [1.165, 1.54) is 6.20 Å². The minimum Gasteiger partial charge on any atom is -0.271 e. The van der Waals surface area contributed by atoms with Crippen molar-refractivity contribution >= 4 is 46.4 Å². The highest BCUT2D eigenvalue weighted by Gasteiger charge is 2.16. The summed E-state index contributed by atoms with van der Waals surface area (Å²) in [6.45, 7) is 0. The monoisotopic (exact) mass is 349 g/mol. The number of benzene rings is 1. The zero-order valence-corrected chi connectivity index (χ0v) is 13.2. The van der Waals surface area contributed by atoms with Gasteiger partial charge in [0.05, 0.1) is 31.8 Å². The van der Waals surface area contributed by atoms with Crippen molar-refractivity contribution in [3.8, 4) is 0 Å². The molecule has 0 saturated carbocycles. The summed E-state index contributed by atoms with van der Waals surface area (Å²) in [6, 6.07) is 6.78. The molecule has 0 radical (unpaired) electrons. The second kappa shape index (κ2) is 6.94. The summed E-state index contributed by atoms with van der Waals surface area (Å²) in [5.41, 5.74) is 4.29. The van der Waals surface area contributed by atoms with Crippen LogP contribution >= 0.6 is 46.4 Å². The fraction of sp³-hybridized carbons (Fsp3) is 0.154. The highest BCUT2D eigenvalue weighted by Crippen LogP contribution is 2.28. The molecular weight excluding hydrogens is 340 g/mol. The van der Waals surface area contributed by atoms with Crippen LogP contribution in [0.15, 0.2) is 30.5 Å². The summed E-state index contributed by atoms with van der Waals surface area (Å²) in [7, 11) is 0. The molecule has 1 heterocycles. The maximum absolute atomic E-state index is 6.14. The largest absolute Gasteiger partial charge is 0.271 e. The smallest absolute Gasteiger partial charge is 0.0777 e. The molecule has 0 fully saturated rings. The van der Waals surface area contributed by atoms with Crippen LogP contribution in [-0.4, -0.2) is 4.98 Å². The third-order valence-corrected chi connectivity index (χ3v) is 4.04. The van der Waals surface area contributed by atoms with Crippen molar-refractivity contribution in [2.75, 3.05) is 0 Å². The van der Waals surface area contributed by atoms with Gasteiger partial charge in [0.2, 0.25) is 0 Å². The number of nitrogens with one attached hydrogen (secondary N) is 1. The molecule has 0 aliphatic rings. The predicted octanol–water partition coefficient (Wildman–Crippen LogP) is 4.44. The van der Waals surface area contributed by atoms with Gasteiger partial charge < -0.3 is 0 Å². The molecule has 7 heteroatoms. The highest BCUT2D eigenvalue weighted by molar-refractivity contribution is 6.42. The summed E-state index contributed by atoms with van der Waals surface area (Å²) in [5, 5.41) is 1.94. The zero-order chi connectivity index (χ0) is 14.7. The van der Waals surface area contributed by atoms with Crippen LogP contribution in [0.25, 0.3) is 0 Å². The molecule has 3 N–H and O–H groups in total. The second-order valence-electron chi connectivity index (χ2n) is 4.19. The SMILES string of the molecule is NNC(Cc1ccc(Cl)c(Cl)c1)c1ncc(Cl)cc1Cl. The Morgan fingerprint density at radius 1 is 1.05 bits per heavy atom. The van der Waals surface area contributed by atoms with Crippen LogP contribution in [0.3, 0.4) is 0 Å². The standard InChI is InChI=1S/C13H11Cl4N3/c14-8-5-11(17)13(19-6-8)12(20-18)4-7-1-2-9(15)10(16)3-7/h1-3,5-6,12,20H,4,18H2. The van der Waals surface area contributed by atoms with Gasteiger partial charge in [0.1, 0.15) is 0 Å².